The molecule has 0 aliphatic carbocycles. The van der Waals surface area contributed by atoms with E-state index in [0.29, 0.717) is 6.04 Å². The van der Waals surface area contributed by atoms with Crippen LogP contribution in [0.4, 0.5) is 0 Å². The lowest BCUT2D eigenvalue weighted by molar-refractivity contribution is 0.376. The van der Waals surface area contributed by atoms with Crippen LogP contribution < -0.4 is 5.32 Å². The van der Waals surface area contributed by atoms with Crippen molar-refractivity contribution in [2.75, 3.05) is 13.1 Å². The van der Waals surface area contributed by atoms with E-state index in [2.05, 4.69) is 58.5 Å². The first-order chi connectivity index (χ1) is 10.8. The van der Waals surface area contributed by atoms with Crippen molar-refractivity contribution in [2.45, 2.75) is 18.9 Å². The number of nitrogens with zero attached hydrogens (tertiary/aromatic N) is 1. The molecular weight excluding hydrogens is 292 g/mol. The van der Waals surface area contributed by atoms with Crippen molar-refractivity contribution in [1.82, 2.24) is 9.88 Å². The van der Waals surface area contributed by atoms with Crippen molar-refractivity contribution in [3.8, 4) is 11.1 Å². The molecular formula is C19H19ClN2. The topological polar surface area (TPSA) is 17.0 Å². The minimum absolute atomic E-state index is 0.572. The van der Waals surface area contributed by atoms with E-state index in [-0.39, 0.29) is 0 Å². The monoisotopic (exact) mass is 310 g/mol. The fraction of sp³-hybridized carbons (Fsp3) is 0.263. The van der Waals surface area contributed by atoms with Crippen molar-refractivity contribution >= 4 is 22.5 Å². The van der Waals surface area contributed by atoms with Gasteiger partial charge in [-0.1, -0.05) is 41.9 Å². The number of piperidine rings is 1. The molecule has 0 amide bonds. The lowest BCUT2D eigenvalue weighted by Gasteiger charge is -2.25. The SMILES string of the molecule is Clc1ccc2c(c1)c(-c1ccccc1)cn2C1CCNCC1. The quantitative estimate of drug-likeness (QED) is 0.713. The average Bonchev–Trinajstić information content (AvgIpc) is 2.95. The molecule has 0 saturated carbocycles. The van der Waals surface area contributed by atoms with E-state index in [4.69, 9.17) is 11.6 Å². The molecule has 0 atom stereocenters. The third kappa shape index (κ3) is 2.43. The molecule has 2 aromatic carbocycles. The summed E-state index contributed by atoms with van der Waals surface area (Å²) in [4.78, 5) is 0. The number of hydrogen-bond acceptors (Lipinski definition) is 1. The van der Waals surface area contributed by atoms with Crippen LogP contribution in [-0.4, -0.2) is 17.7 Å². The van der Waals surface area contributed by atoms with Crippen LogP contribution in [0.3, 0.4) is 0 Å². The average molecular weight is 311 g/mol. The highest BCUT2D eigenvalue weighted by Crippen LogP contribution is 2.35. The van der Waals surface area contributed by atoms with Crippen molar-refractivity contribution in [1.29, 1.82) is 0 Å². The summed E-state index contributed by atoms with van der Waals surface area (Å²) < 4.78 is 2.45. The summed E-state index contributed by atoms with van der Waals surface area (Å²) >= 11 is 6.25. The van der Waals surface area contributed by atoms with E-state index in [1.165, 1.54) is 34.9 Å². The van der Waals surface area contributed by atoms with Gasteiger partial charge in [-0.05, 0) is 49.7 Å². The third-order valence-electron chi connectivity index (χ3n) is 4.58. The zero-order valence-corrected chi connectivity index (χ0v) is 13.2. The van der Waals surface area contributed by atoms with E-state index in [9.17, 15) is 0 Å². The highest BCUT2D eigenvalue weighted by Gasteiger charge is 2.19. The molecule has 0 unspecified atom stereocenters. The number of hydrogen-bond donors (Lipinski definition) is 1. The van der Waals surface area contributed by atoms with Crippen LogP contribution in [0.5, 0.6) is 0 Å². The van der Waals surface area contributed by atoms with Gasteiger partial charge < -0.3 is 9.88 Å². The van der Waals surface area contributed by atoms with Crippen LogP contribution >= 0.6 is 11.6 Å². The van der Waals surface area contributed by atoms with Gasteiger partial charge in [0, 0.05) is 33.7 Å². The van der Waals surface area contributed by atoms with E-state index in [1.807, 2.05) is 6.07 Å². The van der Waals surface area contributed by atoms with Crippen molar-refractivity contribution in [3.05, 3.63) is 59.8 Å². The summed E-state index contributed by atoms with van der Waals surface area (Å²) in [6.45, 7) is 2.19. The van der Waals surface area contributed by atoms with Gasteiger partial charge in [-0.2, -0.15) is 0 Å². The first kappa shape index (κ1) is 13.9. The second-order valence-corrected chi connectivity index (χ2v) is 6.40. The lowest BCUT2D eigenvalue weighted by atomic mass is 10.1. The molecule has 1 aliphatic rings. The summed E-state index contributed by atoms with van der Waals surface area (Å²) in [5, 5.41) is 5.49. The molecule has 0 bridgehead atoms. The maximum atomic E-state index is 6.25. The molecule has 3 heteroatoms. The molecule has 0 radical (unpaired) electrons. The molecule has 3 aromatic rings. The Balaban J connectivity index is 1.91. The predicted octanol–water partition coefficient (Wildman–Crippen LogP) is 4.89. The number of fused-ring (bicyclic) bond motifs is 1. The molecule has 22 heavy (non-hydrogen) atoms. The van der Waals surface area contributed by atoms with Crippen molar-refractivity contribution in [2.24, 2.45) is 0 Å². The Morgan fingerprint density at radius 1 is 1.00 bits per heavy atom. The number of halogens is 1. The largest absolute Gasteiger partial charge is 0.344 e. The minimum atomic E-state index is 0.572. The van der Waals surface area contributed by atoms with Gasteiger partial charge in [0.25, 0.3) is 0 Å². The molecule has 2 heterocycles. The number of aromatic nitrogens is 1. The fourth-order valence-electron chi connectivity index (χ4n) is 3.46. The van der Waals surface area contributed by atoms with Crippen LogP contribution in [0, 0.1) is 0 Å². The first-order valence-corrected chi connectivity index (χ1v) is 8.27. The van der Waals surface area contributed by atoms with Crippen LogP contribution in [0.2, 0.25) is 5.02 Å². The van der Waals surface area contributed by atoms with Gasteiger partial charge in [0.2, 0.25) is 0 Å². The Kier molecular flexibility index (Phi) is 3.65. The molecule has 1 saturated heterocycles. The normalized spacial score (nSPS) is 16.2. The van der Waals surface area contributed by atoms with Gasteiger partial charge in [-0.15, -0.1) is 0 Å². The minimum Gasteiger partial charge on any atom is -0.344 e. The van der Waals surface area contributed by atoms with Gasteiger partial charge in [-0.3, -0.25) is 0 Å². The zero-order valence-electron chi connectivity index (χ0n) is 12.4. The van der Waals surface area contributed by atoms with Gasteiger partial charge >= 0.3 is 0 Å². The number of benzene rings is 2. The molecule has 1 aliphatic heterocycles. The van der Waals surface area contributed by atoms with E-state index < -0.39 is 0 Å². The molecule has 112 valence electrons. The molecule has 0 spiro atoms. The molecule has 2 nitrogen and oxygen atoms in total. The Bertz CT molecular complexity index is 786. The second kappa shape index (κ2) is 5.79. The van der Waals surface area contributed by atoms with Crippen LogP contribution in [0.1, 0.15) is 18.9 Å². The highest BCUT2D eigenvalue weighted by molar-refractivity contribution is 6.31. The third-order valence-corrected chi connectivity index (χ3v) is 4.82. The van der Waals surface area contributed by atoms with Crippen molar-refractivity contribution in [3.63, 3.8) is 0 Å². The summed E-state index contributed by atoms with van der Waals surface area (Å²) in [6.07, 6.45) is 4.67. The Morgan fingerprint density at radius 3 is 2.55 bits per heavy atom. The second-order valence-electron chi connectivity index (χ2n) is 5.96. The maximum absolute atomic E-state index is 6.25. The standard InChI is InChI=1S/C19H19ClN2/c20-15-6-7-19-17(12-15)18(14-4-2-1-3-5-14)13-22(19)16-8-10-21-11-9-16/h1-7,12-13,16,21H,8-11H2. The van der Waals surface area contributed by atoms with Crippen LogP contribution in [0.25, 0.3) is 22.0 Å². The van der Waals surface area contributed by atoms with E-state index in [0.717, 1.165) is 18.1 Å². The smallest absolute Gasteiger partial charge is 0.0490 e. The van der Waals surface area contributed by atoms with Crippen LogP contribution in [0.15, 0.2) is 54.7 Å². The molecule has 1 aromatic heterocycles. The summed E-state index contributed by atoms with van der Waals surface area (Å²) in [7, 11) is 0. The van der Waals surface area contributed by atoms with Gasteiger partial charge in [0.1, 0.15) is 0 Å². The first-order valence-electron chi connectivity index (χ1n) is 7.89. The van der Waals surface area contributed by atoms with Gasteiger partial charge in [0.05, 0.1) is 0 Å². The Labute approximate surface area is 135 Å². The molecule has 1 N–H and O–H groups in total. The Hall–Kier alpha value is -1.77. The summed E-state index contributed by atoms with van der Waals surface area (Å²) in [5.41, 5.74) is 3.81. The van der Waals surface area contributed by atoms with Gasteiger partial charge in [0.15, 0.2) is 0 Å². The zero-order chi connectivity index (χ0) is 14.9. The summed E-state index contributed by atoms with van der Waals surface area (Å²) in [5.74, 6) is 0. The molecule has 1 fully saturated rings. The van der Waals surface area contributed by atoms with Crippen LogP contribution in [-0.2, 0) is 0 Å². The number of nitrogens with one attached hydrogen (secondary N) is 1. The summed E-state index contributed by atoms with van der Waals surface area (Å²) in [6, 6.07) is 17.4. The van der Waals surface area contributed by atoms with E-state index in [1.54, 1.807) is 0 Å². The van der Waals surface area contributed by atoms with Crippen molar-refractivity contribution < 1.29 is 0 Å². The van der Waals surface area contributed by atoms with E-state index >= 15 is 0 Å². The predicted molar refractivity (Wildman–Crippen MR) is 93.5 cm³/mol. The number of rotatable bonds is 2. The lowest BCUT2D eigenvalue weighted by Crippen LogP contribution is -2.29. The highest BCUT2D eigenvalue weighted by atomic mass is 35.5. The maximum Gasteiger partial charge on any atom is 0.0490 e. The van der Waals surface area contributed by atoms with Gasteiger partial charge in [-0.25, -0.2) is 0 Å². The fourth-order valence-corrected chi connectivity index (χ4v) is 3.63. The molecule has 4 rings (SSSR count). The Morgan fingerprint density at radius 2 is 1.77 bits per heavy atom.